The number of rotatable bonds is 11. The van der Waals surface area contributed by atoms with Crippen LogP contribution in [0.3, 0.4) is 0 Å². The first kappa shape index (κ1) is 41.1. The number of amides is 1. The zero-order chi connectivity index (χ0) is 34.9. The second-order valence-electron chi connectivity index (χ2n) is 13.7. The Bertz CT molecular complexity index is 2080. The van der Waals surface area contributed by atoms with Crippen LogP contribution in [0.4, 0.5) is 0 Å². The molecule has 3 N–H and O–H groups in total. The van der Waals surface area contributed by atoms with Crippen LogP contribution in [0, 0.1) is 13.8 Å². The molecule has 2 aliphatic heterocycles. The van der Waals surface area contributed by atoms with Gasteiger partial charge in [0, 0.05) is 45.6 Å². The number of aromatic amines is 2. The zero-order valence-electron chi connectivity index (χ0n) is 30.6. The van der Waals surface area contributed by atoms with Crippen molar-refractivity contribution in [2.45, 2.75) is 53.4 Å². The number of aromatic nitrogens is 4. The molecular formula is C39H46IN6NaO3. The fourth-order valence-corrected chi connectivity index (χ4v) is 6.39. The standard InChI is InChI=1S/C39H46N6O3.HI.Na/c1-10-26-22(3)30-18-31-25(6)29(13-15-39(47)48)37(43-31)21-36-28(12-14-38(46)40-16-17-45(7,8)9)24(5)33(44-36)20-35-27(11-2)23(4)32(42-35)19-34(26)41-30;;/h10-11,18-21H,1-2,12-17H2,3-9H3,(H3-,40,41,42,43,44,46,47,48);1H;/q;;+1/p-1. The Morgan fingerprint density at radius 3 is 2.02 bits per heavy atom. The smallest absolute Gasteiger partial charge is 1.00 e. The van der Waals surface area contributed by atoms with Gasteiger partial charge in [-0.25, -0.2) is 9.97 Å². The minimum absolute atomic E-state index is 0. The molecule has 2 aliphatic rings. The summed E-state index contributed by atoms with van der Waals surface area (Å²) in [6.45, 7) is 17.7. The van der Waals surface area contributed by atoms with Gasteiger partial charge in [0.2, 0.25) is 5.91 Å². The first-order chi connectivity index (χ1) is 22.7. The molecule has 0 saturated heterocycles. The summed E-state index contributed by atoms with van der Waals surface area (Å²) in [7, 11) is 6.29. The Kier molecular flexibility index (Phi) is 13.8. The van der Waals surface area contributed by atoms with E-state index >= 15 is 0 Å². The van der Waals surface area contributed by atoms with E-state index in [0.717, 1.165) is 94.7 Å². The first-order valence-electron chi connectivity index (χ1n) is 16.4. The van der Waals surface area contributed by atoms with Crippen LogP contribution in [0.2, 0.25) is 0 Å². The third-order valence-electron chi connectivity index (χ3n) is 9.33. The van der Waals surface area contributed by atoms with E-state index in [0.29, 0.717) is 25.1 Å². The van der Waals surface area contributed by atoms with Crippen molar-refractivity contribution in [3.8, 4) is 0 Å². The molecule has 8 bridgehead atoms. The van der Waals surface area contributed by atoms with Crippen molar-refractivity contribution in [3.05, 3.63) is 88.5 Å². The van der Waals surface area contributed by atoms with Gasteiger partial charge in [-0.15, -0.1) is 0 Å². The largest absolute Gasteiger partial charge is 1.00 e. The number of hydrogen-bond donors (Lipinski definition) is 3. The molecular weight excluding hydrogens is 750 g/mol. The third kappa shape index (κ3) is 8.95. The average Bonchev–Trinajstić information content (AvgIpc) is 3.67. The van der Waals surface area contributed by atoms with Crippen molar-refractivity contribution in [1.82, 2.24) is 25.3 Å². The molecule has 0 atom stereocenters. The maximum atomic E-state index is 12.9. The van der Waals surface area contributed by atoms with Crippen LogP contribution in [0.1, 0.15) is 78.1 Å². The van der Waals surface area contributed by atoms with Crippen molar-refractivity contribution >= 4 is 62.3 Å². The van der Waals surface area contributed by atoms with Crippen molar-refractivity contribution in [3.63, 3.8) is 0 Å². The second kappa shape index (κ2) is 16.8. The van der Waals surface area contributed by atoms with Gasteiger partial charge in [0.15, 0.2) is 0 Å². The number of fused-ring (bicyclic) bond motifs is 8. The number of nitrogens with zero attached hydrogens (tertiary/aromatic N) is 3. The maximum Gasteiger partial charge on any atom is 1.00 e. The van der Waals surface area contributed by atoms with E-state index in [4.69, 9.17) is 9.97 Å². The Hall–Kier alpha value is -3.29. The monoisotopic (exact) mass is 796 g/mol. The minimum Gasteiger partial charge on any atom is -1.00 e. The fraction of sp³-hybridized carbons (Fsp3) is 0.333. The number of aliphatic carboxylic acids is 1. The van der Waals surface area contributed by atoms with Gasteiger partial charge >= 0.3 is 29.6 Å². The van der Waals surface area contributed by atoms with Crippen molar-refractivity contribution in [1.29, 1.82) is 0 Å². The number of aryl methyl sites for hydroxylation is 3. The van der Waals surface area contributed by atoms with Crippen molar-refractivity contribution in [2.24, 2.45) is 0 Å². The second-order valence-corrected chi connectivity index (χ2v) is 13.7. The summed E-state index contributed by atoms with van der Waals surface area (Å²) in [5, 5.41) is 14.6. The third-order valence-corrected chi connectivity index (χ3v) is 9.33. The Balaban J connectivity index is 0.00000338. The van der Waals surface area contributed by atoms with Crippen molar-refractivity contribution < 1.29 is 72.7 Å². The molecule has 5 heterocycles. The molecule has 0 saturated carbocycles. The fourth-order valence-electron chi connectivity index (χ4n) is 6.39. The first-order valence-corrected chi connectivity index (χ1v) is 16.4. The number of hydrogen-bond acceptors (Lipinski definition) is 5. The SMILES string of the molecule is C=CC1=C(C)c2cc3[nH]c(cc4nc(cc5[nH]c(cc1n2)c(C)c5CCC(=O)NCC[N+](C)(C)C)C(CCC(=O)[O-])=C4C)c(C)c3C=C.[I-].[Na+]. The number of halogens is 1. The van der Waals surface area contributed by atoms with Gasteiger partial charge in [0.1, 0.15) is 0 Å². The quantitative estimate of drug-likeness (QED) is 0.142. The summed E-state index contributed by atoms with van der Waals surface area (Å²) in [4.78, 5) is 41.7. The molecule has 258 valence electrons. The van der Waals surface area contributed by atoms with Gasteiger partial charge in [-0.2, -0.15) is 0 Å². The van der Waals surface area contributed by atoms with E-state index < -0.39 is 5.97 Å². The van der Waals surface area contributed by atoms with Crippen LogP contribution in [0.15, 0.2) is 43.5 Å². The molecule has 0 aromatic carbocycles. The Morgan fingerprint density at radius 2 is 1.38 bits per heavy atom. The summed E-state index contributed by atoms with van der Waals surface area (Å²) in [6, 6.07) is 8.06. The summed E-state index contributed by atoms with van der Waals surface area (Å²) in [5.41, 5.74) is 14.3. The molecule has 0 aliphatic carbocycles. The molecule has 3 aromatic heterocycles. The predicted molar refractivity (Wildman–Crippen MR) is 194 cm³/mol. The maximum absolute atomic E-state index is 12.9. The Labute approximate surface area is 334 Å². The molecule has 11 heteroatoms. The van der Waals surface area contributed by atoms with E-state index in [2.05, 4.69) is 49.6 Å². The van der Waals surface area contributed by atoms with Crippen LogP contribution in [0.5, 0.6) is 0 Å². The van der Waals surface area contributed by atoms with E-state index in [-0.39, 0.29) is 72.3 Å². The van der Waals surface area contributed by atoms with Gasteiger partial charge in [0.05, 0.1) is 57.0 Å². The molecule has 5 rings (SSSR count). The number of carbonyl (C=O) groups is 2. The van der Waals surface area contributed by atoms with E-state index in [1.807, 2.05) is 64.1 Å². The van der Waals surface area contributed by atoms with Gasteiger partial charge in [-0.3, -0.25) is 4.79 Å². The zero-order valence-corrected chi connectivity index (χ0v) is 34.7. The predicted octanol–water partition coefficient (Wildman–Crippen LogP) is -0.0849. The van der Waals surface area contributed by atoms with Crippen molar-refractivity contribution in [2.75, 3.05) is 34.2 Å². The summed E-state index contributed by atoms with van der Waals surface area (Å²) < 4.78 is 0.766. The number of H-pyrrole nitrogens is 2. The van der Waals surface area contributed by atoms with Gasteiger partial charge in [-0.1, -0.05) is 25.3 Å². The number of carboxylic acid groups (broad SMARTS) is 1. The molecule has 50 heavy (non-hydrogen) atoms. The number of allylic oxidation sites excluding steroid dienone is 5. The van der Waals surface area contributed by atoms with Crippen LogP contribution in [0.25, 0.3) is 50.4 Å². The summed E-state index contributed by atoms with van der Waals surface area (Å²) in [6.07, 6.45) is 4.68. The molecule has 0 radical (unpaired) electrons. The van der Waals surface area contributed by atoms with Crippen LogP contribution in [-0.2, 0) is 16.0 Å². The summed E-state index contributed by atoms with van der Waals surface area (Å²) in [5.74, 6) is -1.12. The minimum atomic E-state index is -1.11. The van der Waals surface area contributed by atoms with E-state index in [1.54, 1.807) is 0 Å². The average molecular weight is 797 g/mol. The molecule has 1 amide bonds. The van der Waals surface area contributed by atoms with Gasteiger partial charge < -0.3 is 53.6 Å². The molecule has 0 spiro atoms. The van der Waals surface area contributed by atoms with Crippen LogP contribution in [-0.4, -0.2) is 70.5 Å². The molecule has 0 fully saturated rings. The molecule has 0 unspecified atom stereocenters. The summed E-state index contributed by atoms with van der Waals surface area (Å²) >= 11 is 0. The van der Waals surface area contributed by atoms with E-state index in [9.17, 15) is 14.7 Å². The van der Waals surface area contributed by atoms with Crippen LogP contribution < -0.4 is 64.0 Å². The number of carboxylic acids is 1. The van der Waals surface area contributed by atoms with Gasteiger partial charge in [-0.05, 0) is 105 Å². The Morgan fingerprint density at radius 1 is 0.800 bits per heavy atom. The van der Waals surface area contributed by atoms with E-state index in [1.165, 1.54) is 0 Å². The number of likely N-dealkylation sites (N-methyl/N-ethyl adjacent to an activating group) is 1. The topological polar surface area (TPSA) is 127 Å². The number of nitrogens with one attached hydrogen (secondary N) is 3. The van der Waals surface area contributed by atoms with Gasteiger partial charge in [0.25, 0.3) is 0 Å². The molecule has 9 nitrogen and oxygen atoms in total. The van der Waals surface area contributed by atoms with Crippen LogP contribution >= 0.6 is 0 Å². The number of carbonyl (C=O) groups excluding carboxylic acids is 2. The number of quaternary nitrogens is 1. The normalized spacial score (nSPS) is 12.7. The molecule has 3 aromatic rings.